The lowest BCUT2D eigenvalue weighted by Crippen LogP contribution is -2.57. The van der Waals surface area contributed by atoms with Crippen LogP contribution in [0.4, 0.5) is 0 Å². The van der Waals surface area contributed by atoms with Gasteiger partial charge in [0.25, 0.3) is 0 Å². The number of esters is 1. The highest BCUT2D eigenvalue weighted by Crippen LogP contribution is 2.36. The molecule has 3 atom stereocenters. The van der Waals surface area contributed by atoms with Crippen LogP contribution in [0.3, 0.4) is 0 Å². The summed E-state index contributed by atoms with van der Waals surface area (Å²) in [5.74, 6) is 0.616. The van der Waals surface area contributed by atoms with E-state index in [-0.39, 0.29) is 24.3 Å². The highest BCUT2D eigenvalue weighted by Gasteiger charge is 2.48. The van der Waals surface area contributed by atoms with Gasteiger partial charge in [-0.3, -0.25) is 4.79 Å². The van der Waals surface area contributed by atoms with Gasteiger partial charge in [-0.2, -0.15) is 0 Å². The van der Waals surface area contributed by atoms with E-state index in [9.17, 15) is 4.79 Å². The van der Waals surface area contributed by atoms with Crippen LogP contribution in [0.15, 0.2) is 54.6 Å². The Morgan fingerprint density at radius 3 is 2.80 bits per heavy atom. The molecule has 0 spiro atoms. The quantitative estimate of drug-likeness (QED) is 0.866. The number of hydrogen-bond acceptors (Lipinski definition) is 5. The first kappa shape index (κ1) is 16.1. The minimum absolute atomic E-state index is 0.155. The van der Waals surface area contributed by atoms with Crippen LogP contribution in [-0.2, 0) is 16.0 Å². The number of rotatable bonds is 4. The van der Waals surface area contributed by atoms with E-state index in [1.165, 1.54) is 5.56 Å². The van der Waals surface area contributed by atoms with E-state index in [2.05, 4.69) is 22.3 Å². The Bertz CT molecular complexity index is 750. The molecule has 2 aliphatic rings. The maximum atomic E-state index is 12.4. The second-order valence-electron chi connectivity index (χ2n) is 6.53. The van der Waals surface area contributed by atoms with Gasteiger partial charge in [0.2, 0.25) is 0 Å². The smallest absolute Gasteiger partial charge is 0.326 e. The van der Waals surface area contributed by atoms with Crippen LogP contribution < -0.4 is 10.1 Å². The van der Waals surface area contributed by atoms with Gasteiger partial charge in [0, 0.05) is 24.7 Å². The van der Waals surface area contributed by atoms with Crippen LogP contribution in [0, 0.1) is 0 Å². The minimum Gasteiger partial charge on any atom is -0.497 e. The molecule has 4 rings (SSSR count). The van der Waals surface area contributed by atoms with Crippen LogP contribution in [-0.4, -0.2) is 43.2 Å². The molecule has 0 aromatic heterocycles. The van der Waals surface area contributed by atoms with Crippen LogP contribution in [0.5, 0.6) is 5.75 Å². The number of fused-ring (bicyclic) bond motifs is 1. The van der Waals surface area contributed by atoms with Crippen molar-refractivity contribution in [1.29, 1.82) is 0 Å². The maximum Gasteiger partial charge on any atom is 0.326 e. The second kappa shape index (κ2) is 6.86. The zero-order chi connectivity index (χ0) is 17.2. The number of benzene rings is 2. The molecule has 5 nitrogen and oxygen atoms in total. The van der Waals surface area contributed by atoms with Crippen molar-refractivity contribution in [2.45, 2.75) is 24.7 Å². The molecular weight excluding hydrogens is 316 g/mol. The predicted octanol–water partition coefficient (Wildman–Crippen LogP) is 2.14. The third kappa shape index (κ3) is 3.13. The number of carbonyl (C=O) groups excluding carboxylic acids is 1. The first-order chi connectivity index (χ1) is 12.3. The fraction of sp³-hybridized carbons (Fsp3) is 0.350. The van der Waals surface area contributed by atoms with Gasteiger partial charge in [-0.05, 0) is 24.1 Å². The van der Waals surface area contributed by atoms with Crippen LogP contribution in [0.25, 0.3) is 0 Å². The van der Waals surface area contributed by atoms with Crippen molar-refractivity contribution in [2.24, 2.45) is 0 Å². The van der Waals surface area contributed by atoms with E-state index in [4.69, 9.17) is 9.47 Å². The largest absolute Gasteiger partial charge is 0.497 e. The number of cyclic esters (lactones) is 1. The van der Waals surface area contributed by atoms with Gasteiger partial charge < -0.3 is 14.8 Å². The summed E-state index contributed by atoms with van der Waals surface area (Å²) in [6.45, 7) is 1.47. The van der Waals surface area contributed by atoms with Gasteiger partial charge in [0.1, 0.15) is 11.8 Å². The summed E-state index contributed by atoms with van der Waals surface area (Å²) < 4.78 is 11.1. The van der Waals surface area contributed by atoms with E-state index in [1.54, 1.807) is 7.11 Å². The van der Waals surface area contributed by atoms with Crippen molar-refractivity contribution < 1.29 is 14.3 Å². The summed E-state index contributed by atoms with van der Waals surface area (Å²) in [5, 5.41) is 3.38. The van der Waals surface area contributed by atoms with Crippen molar-refractivity contribution in [1.82, 2.24) is 10.2 Å². The summed E-state index contributed by atoms with van der Waals surface area (Å²) in [7, 11) is 1.64. The molecule has 25 heavy (non-hydrogen) atoms. The predicted molar refractivity (Wildman–Crippen MR) is 94.3 cm³/mol. The summed E-state index contributed by atoms with van der Waals surface area (Å²) in [4.78, 5) is 14.6. The molecule has 2 aromatic rings. The lowest BCUT2D eigenvalue weighted by molar-refractivity contribution is -0.142. The average Bonchev–Trinajstić information content (AvgIpc) is 3.01. The summed E-state index contributed by atoms with van der Waals surface area (Å²) >= 11 is 0. The lowest BCUT2D eigenvalue weighted by atomic mass is 9.99. The van der Waals surface area contributed by atoms with Gasteiger partial charge in [-0.15, -0.1) is 0 Å². The molecule has 2 aliphatic heterocycles. The van der Waals surface area contributed by atoms with E-state index >= 15 is 0 Å². The molecule has 0 amide bonds. The monoisotopic (exact) mass is 338 g/mol. The van der Waals surface area contributed by atoms with E-state index in [0.717, 1.165) is 24.3 Å². The molecule has 0 aliphatic carbocycles. The van der Waals surface area contributed by atoms with Gasteiger partial charge in [-0.25, -0.2) is 4.90 Å². The molecule has 2 aromatic carbocycles. The fourth-order valence-electron chi connectivity index (χ4n) is 3.76. The SMILES string of the molecule is COc1cccc([C@@H]2OC(=O)[C@@H]3CNC[C@H](Cc4ccccc4)N32)c1. The molecule has 0 radical (unpaired) electrons. The minimum atomic E-state index is -0.358. The van der Waals surface area contributed by atoms with Gasteiger partial charge in [-0.1, -0.05) is 42.5 Å². The topological polar surface area (TPSA) is 50.8 Å². The number of nitrogens with zero attached hydrogens (tertiary/aromatic N) is 1. The molecule has 2 fully saturated rings. The first-order valence-electron chi connectivity index (χ1n) is 8.63. The molecule has 0 unspecified atom stereocenters. The van der Waals surface area contributed by atoms with Crippen molar-refractivity contribution in [3.63, 3.8) is 0 Å². The Kier molecular flexibility index (Phi) is 4.42. The number of methoxy groups -OCH3 is 1. The highest BCUT2D eigenvalue weighted by atomic mass is 16.6. The maximum absolute atomic E-state index is 12.4. The van der Waals surface area contributed by atoms with Gasteiger partial charge in [0.15, 0.2) is 6.23 Å². The molecule has 0 bridgehead atoms. The summed E-state index contributed by atoms with van der Waals surface area (Å²) in [6, 6.07) is 18.1. The third-order valence-electron chi connectivity index (χ3n) is 4.96. The fourth-order valence-corrected chi connectivity index (χ4v) is 3.76. The van der Waals surface area contributed by atoms with E-state index < -0.39 is 0 Å². The molecule has 2 heterocycles. The standard InChI is InChI=1S/C20H22N2O3/c1-24-17-9-5-8-15(11-17)19-22-16(10-14-6-3-2-4-7-14)12-21-13-18(22)20(23)25-19/h2-9,11,16,18-19,21H,10,12-13H2,1H3/t16-,18-,19-/m0/s1. The first-order valence-corrected chi connectivity index (χ1v) is 8.63. The van der Waals surface area contributed by atoms with Crippen molar-refractivity contribution in [2.75, 3.05) is 20.2 Å². The van der Waals surface area contributed by atoms with Crippen molar-refractivity contribution >= 4 is 5.97 Å². The number of hydrogen-bond donors (Lipinski definition) is 1. The van der Waals surface area contributed by atoms with Crippen molar-refractivity contribution in [3.8, 4) is 5.75 Å². The summed E-state index contributed by atoms with van der Waals surface area (Å²) in [6.07, 6.45) is 0.518. The van der Waals surface area contributed by atoms with Crippen LogP contribution >= 0.6 is 0 Å². The average molecular weight is 338 g/mol. The van der Waals surface area contributed by atoms with Crippen LogP contribution in [0.2, 0.25) is 0 Å². The highest BCUT2D eigenvalue weighted by molar-refractivity contribution is 5.78. The molecule has 130 valence electrons. The number of nitrogens with one attached hydrogen (secondary N) is 1. The lowest BCUT2D eigenvalue weighted by Gasteiger charge is -2.38. The Balaban J connectivity index is 1.64. The van der Waals surface area contributed by atoms with Gasteiger partial charge >= 0.3 is 5.97 Å². The van der Waals surface area contributed by atoms with E-state index in [0.29, 0.717) is 6.54 Å². The van der Waals surface area contributed by atoms with E-state index in [1.807, 2.05) is 42.5 Å². The molecule has 1 N–H and O–H groups in total. The molecule has 2 saturated heterocycles. The number of carbonyl (C=O) groups is 1. The van der Waals surface area contributed by atoms with Crippen LogP contribution in [0.1, 0.15) is 17.4 Å². The second-order valence-corrected chi connectivity index (χ2v) is 6.53. The molecule has 5 heteroatoms. The Morgan fingerprint density at radius 1 is 1.16 bits per heavy atom. The normalized spacial score (nSPS) is 26.1. The summed E-state index contributed by atoms with van der Waals surface area (Å²) in [5.41, 5.74) is 2.22. The number of piperazine rings is 1. The number of ether oxygens (including phenoxy) is 2. The third-order valence-corrected chi connectivity index (χ3v) is 4.96. The Hall–Kier alpha value is -2.37. The molecular formula is C20H22N2O3. The Labute approximate surface area is 147 Å². The Morgan fingerprint density at radius 2 is 2.00 bits per heavy atom. The zero-order valence-corrected chi connectivity index (χ0v) is 14.2. The van der Waals surface area contributed by atoms with Gasteiger partial charge in [0.05, 0.1) is 7.11 Å². The molecule has 0 saturated carbocycles. The van der Waals surface area contributed by atoms with Crippen molar-refractivity contribution in [3.05, 3.63) is 65.7 Å². The zero-order valence-electron chi connectivity index (χ0n) is 14.2.